The smallest absolute Gasteiger partial charge is 0.207 e. The molecule has 20 heavy (non-hydrogen) atoms. The third-order valence-electron chi connectivity index (χ3n) is 3.84. The molecule has 6 heteroatoms. The summed E-state index contributed by atoms with van der Waals surface area (Å²) in [6, 6.07) is 3.68. The topological polar surface area (TPSA) is 37.4 Å². The molecule has 1 heterocycles. The highest BCUT2D eigenvalue weighted by Gasteiger charge is 2.33. The fourth-order valence-corrected chi connectivity index (χ4v) is 6.06. The van der Waals surface area contributed by atoms with Crippen molar-refractivity contribution >= 4 is 41.9 Å². The molecular formula is C14H19Br2NO2S. The number of nitrogens with zero attached hydrogens (tertiary/aromatic N) is 1. The highest BCUT2D eigenvalue weighted by atomic mass is 79.9. The lowest BCUT2D eigenvalue weighted by Crippen LogP contribution is -2.43. The average molecular weight is 425 g/mol. The molecule has 0 spiro atoms. The summed E-state index contributed by atoms with van der Waals surface area (Å²) < 4.78 is 29.0. The van der Waals surface area contributed by atoms with E-state index in [2.05, 4.69) is 38.8 Å². The quantitative estimate of drug-likeness (QED) is 0.717. The minimum absolute atomic E-state index is 0.126. The Morgan fingerprint density at radius 2 is 1.95 bits per heavy atom. The monoisotopic (exact) mass is 423 g/mol. The van der Waals surface area contributed by atoms with Crippen LogP contribution in [-0.2, 0) is 10.0 Å². The Bertz CT molecular complexity index is 601. The predicted molar refractivity (Wildman–Crippen MR) is 88.4 cm³/mol. The standard InChI is InChI=1S/C14H19Br2NO2S/c1-3-11-6-4-5-7-17(11)20(18,19)14-9-12(15)10(2)8-13(14)16/h8-9,11H,3-7H2,1-2H3. The van der Waals surface area contributed by atoms with Gasteiger partial charge in [-0.05, 0) is 59.8 Å². The van der Waals surface area contributed by atoms with Crippen molar-refractivity contribution in [2.24, 2.45) is 0 Å². The minimum Gasteiger partial charge on any atom is -0.207 e. The van der Waals surface area contributed by atoms with Gasteiger partial charge in [0.15, 0.2) is 0 Å². The van der Waals surface area contributed by atoms with Crippen LogP contribution in [0.15, 0.2) is 26.0 Å². The van der Waals surface area contributed by atoms with E-state index in [4.69, 9.17) is 0 Å². The van der Waals surface area contributed by atoms with E-state index >= 15 is 0 Å². The van der Waals surface area contributed by atoms with Crippen LogP contribution in [0.25, 0.3) is 0 Å². The van der Waals surface area contributed by atoms with Crippen LogP contribution in [0.5, 0.6) is 0 Å². The molecule has 1 saturated heterocycles. The van der Waals surface area contributed by atoms with Gasteiger partial charge in [-0.25, -0.2) is 8.42 Å². The highest BCUT2D eigenvalue weighted by Crippen LogP contribution is 2.33. The summed E-state index contributed by atoms with van der Waals surface area (Å²) in [5.74, 6) is 0. The molecule has 0 aliphatic carbocycles. The first-order valence-electron chi connectivity index (χ1n) is 6.85. The molecule has 2 rings (SSSR count). The second-order valence-electron chi connectivity index (χ2n) is 5.21. The van der Waals surface area contributed by atoms with Gasteiger partial charge in [-0.3, -0.25) is 0 Å². The molecule has 0 aromatic heterocycles. The van der Waals surface area contributed by atoms with Gasteiger partial charge in [0.05, 0.1) is 4.90 Å². The van der Waals surface area contributed by atoms with Crippen LogP contribution in [0.3, 0.4) is 0 Å². The molecule has 0 saturated carbocycles. The Kier molecular flexibility index (Phi) is 5.32. The zero-order valence-corrected chi connectivity index (χ0v) is 15.7. The Hall–Kier alpha value is 0.0900. The van der Waals surface area contributed by atoms with Crippen molar-refractivity contribution in [1.82, 2.24) is 4.31 Å². The van der Waals surface area contributed by atoms with E-state index < -0.39 is 10.0 Å². The van der Waals surface area contributed by atoms with Gasteiger partial charge in [0.2, 0.25) is 10.0 Å². The largest absolute Gasteiger partial charge is 0.244 e. The summed E-state index contributed by atoms with van der Waals surface area (Å²) in [7, 11) is -3.44. The van der Waals surface area contributed by atoms with E-state index in [-0.39, 0.29) is 6.04 Å². The van der Waals surface area contributed by atoms with E-state index in [1.165, 1.54) is 0 Å². The van der Waals surface area contributed by atoms with Gasteiger partial charge < -0.3 is 0 Å². The van der Waals surface area contributed by atoms with Crippen LogP contribution >= 0.6 is 31.9 Å². The van der Waals surface area contributed by atoms with Crippen LogP contribution in [0.1, 0.15) is 38.2 Å². The Labute approximate surface area is 138 Å². The van der Waals surface area contributed by atoms with Crippen molar-refractivity contribution in [3.05, 3.63) is 26.6 Å². The van der Waals surface area contributed by atoms with Crippen molar-refractivity contribution in [1.29, 1.82) is 0 Å². The minimum atomic E-state index is -3.44. The average Bonchev–Trinajstić information content (AvgIpc) is 2.42. The zero-order chi connectivity index (χ0) is 14.9. The summed E-state index contributed by atoms with van der Waals surface area (Å²) in [4.78, 5) is 0.357. The van der Waals surface area contributed by atoms with E-state index in [1.54, 1.807) is 10.4 Å². The molecule has 1 atom stereocenters. The normalized spacial score (nSPS) is 21.1. The molecule has 1 unspecified atom stereocenters. The number of sulfonamides is 1. The van der Waals surface area contributed by atoms with Crippen LogP contribution in [0, 0.1) is 6.92 Å². The number of aryl methyl sites for hydroxylation is 1. The Balaban J connectivity index is 2.46. The van der Waals surface area contributed by atoms with Crippen molar-refractivity contribution in [2.45, 2.75) is 50.5 Å². The molecule has 0 radical (unpaired) electrons. The SMILES string of the molecule is CCC1CCCCN1S(=O)(=O)c1cc(Br)c(C)cc1Br. The van der Waals surface area contributed by atoms with Gasteiger partial charge in [0.25, 0.3) is 0 Å². The van der Waals surface area contributed by atoms with Gasteiger partial charge in [-0.15, -0.1) is 0 Å². The number of halogens is 2. The van der Waals surface area contributed by atoms with Gasteiger partial charge in [0.1, 0.15) is 0 Å². The lowest BCUT2D eigenvalue weighted by Gasteiger charge is -2.34. The molecule has 1 aromatic rings. The predicted octanol–water partition coefficient (Wildman–Crippen LogP) is 4.47. The van der Waals surface area contributed by atoms with Crippen molar-refractivity contribution in [3.63, 3.8) is 0 Å². The van der Waals surface area contributed by atoms with Crippen LogP contribution in [-0.4, -0.2) is 25.3 Å². The number of hydrogen-bond donors (Lipinski definition) is 0. The first-order valence-corrected chi connectivity index (χ1v) is 9.88. The molecular weight excluding hydrogens is 406 g/mol. The molecule has 112 valence electrons. The first kappa shape index (κ1) is 16.5. The molecule has 0 bridgehead atoms. The maximum absolute atomic E-state index is 12.9. The van der Waals surface area contributed by atoms with Crippen LogP contribution in [0.4, 0.5) is 0 Å². The number of piperidine rings is 1. The van der Waals surface area contributed by atoms with E-state index in [0.29, 0.717) is 15.9 Å². The van der Waals surface area contributed by atoms with Gasteiger partial charge in [-0.1, -0.05) is 29.3 Å². The summed E-state index contributed by atoms with van der Waals surface area (Å²) in [5.41, 5.74) is 1.02. The molecule has 1 aliphatic rings. The van der Waals surface area contributed by atoms with E-state index in [9.17, 15) is 8.42 Å². The lowest BCUT2D eigenvalue weighted by atomic mass is 10.0. The van der Waals surface area contributed by atoms with Gasteiger partial charge >= 0.3 is 0 Å². The molecule has 1 fully saturated rings. The van der Waals surface area contributed by atoms with E-state index in [1.807, 2.05) is 13.0 Å². The summed E-state index contributed by atoms with van der Waals surface area (Å²) in [5, 5.41) is 0. The van der Waals surface area contributed by atoms with Crippen molar-refractivity contribution < 1.29 is 8.42 Å². The number of hydrogen-bond acceptors (Lipinski definition) is 2. The first-order chi connectivity index (χ1) is 9.37. The van der Waals surface area contributed by atoms with Crippen molar-refractivity contribution in [2.75, 3.05) is 6.54 Å². The Morgan fingerprint density at radius 3 is 2.60 bits per heavy atom. The fourth-order valence-electron chi connectivity index (χ4n) is 2.65. The van der Waals surface area contributed by atoms with Gasteiger partial charge in [-0.2, -0.15) is 4.31 Å². The summed E-state index contributed by atoms with van der Waals surface area (Å²) >= 11 is 6.82. The molecule has 1 aromatic carbocycles. The number of benzene rings is 1. The lowest BCUT2D eigenvalue weighted by molar-refractivity contribution is 0.246. The summed E-state index contributed by atoms with van der Waals surface area (Å²) in [6.45, 7) is 4.62. The van der Waals surface area contributed by atoms with E-state index in [0.717, 1.165) is 35.7 Å². The zero-order valence-electron chi connectivity index (χ0n) is 11.7. The summed E-state index contributed by atoms with van der Waals surface area (Å²) in [6.07, 6.45) is 3.88. The highest BCUT2D eigenvalue weighted by molar-refractivity contribution is 9.11. The molecule has 1 aliphatic heterocycles. The second kappa shape index (κ2) is 6.46. The molecule has 0 amide bonds. The Morgan fingerprint density at radius 1 is 1.25 bits per heavy atom. The third kappa shape index (κ3) is 3.13. The maximum Gasteiger partial charge on any atom is 0.244 e. The van der Waals surface area contributed by atoms with Crippen LogP contribution in [0.2, 0.25) is 0 Å². The second-order valence-corrected chi connectivity index (χ2v) is 8.77. The van der Waals surface area contributed by atoms with Gasteiger partial charge in [0, 0.05) is 21.5 Å². The fraction of sp³-hybridized carbons (Fsp3) is 0.571. The van der Waals surface area contributed by atoms with Crippen molar-refractivity contribution in [3.8, 4) is 0 Å². The maximum atomic E-state index is 12.9. The third-order valence-corrected chi connectivity index (χ3v) is 7.61. The molecule has 0 N–H and O–H groups in total. The van der Waals surface area contributed by atoms with Crippen LogP contribution < -0.4 is 0 Å². The molecule has 3 nitrogen and oxygen atoms in total. The number of rotatable bonds is 3.